The van der Waals surface area contributed by atoms with Crippen molar-refractivity contribution in [3.05, 3.63) is 30.1 Å². The Morgan fingerprint density at radius 1 is 1.14 bits per heavy atom. The van der Waals surface area contributed by atoms with Crippen LogP contribution in [0.4, 0.5) is 4.79 Å². The Balaban J connectivity index is 2.11. The van der Waals surface area contributed by atoms with E-state index in [-0.39, 0.29) is 12.5 Å². The predicted molar refractivity (Wildman–Crippen MR) is 107 cm³/mol. The molecule has 1 aromatic rings. The van der Waals surface area contributed by atoms with Crippen molar-refractivity contribution < 1.29 is 14.4 Å². The van der Waals surface area contributed by atoms with E-state index >= 15 is 0 Å². The minimum Gasteiger partial charge on any atom is -0.341 e. The third-order valence-corrected chi connectivity index (χ3v) is 5.05. The van der Waals surface area contributed by atoms with E-state index in [0.29, 0.717) is 30.6 Å². The van der Waals surface area contributed by atoms with Gasteiger partial charge in [-0.3, -0.25) is 19.5 Å². The SMILES string of the molecule is CC(C)CCN(CCC(C)C)C(=O)CN1C(=O)NC(C)(c2ccccn2)C1=O. The summed E-state index contributed by atoms with van der Waals surface area (Å²) in [6.45, 7) is 11.1. The summed E-state index contributed by atoms with van der Waals surface area (Å²) in [6, 6.07) is 4.65. The van der Waals surface area contributed by atoms with Gasteiger partial charge in [0.25, 0.3) is 5.91 Å². The summed E-state index contributed by atoms with van der Waals surface area (Å²) in [7, 11) is 0. The molecule has 1 aliphatic rings. The van der Waals surface area contributed by atoms with Gasteiger partial charge in [0, 0.05) is 19.3 Å². The highest BCUT2D eigenvalue weighted by molar-refractivity contribution is 6.08. The second kappa shape index (κ2) is 9.17. The lowest BCUT2D eigenvalue weighted by Crippen LogP contribution is -2.45. The van der Waals surface area contributed by atoms with E-state index in [1.54, 1.807) is 36.2 Å². The van der Waals surface area contributed by atoms with Crippen molar-refractivity contribution in [1.82, 2.24) is 20.1 Å². The fourth-order valence-corrected chi connectivity index (χ4v) is 3.10. The number of imide groups is 1. The number of carbonyl (C=O) groups excluding carboxylic acids is 3. The van der Waals surface area contributed by atoms with Gasteiger partial charge in [-0.05, 0) is 43.7 Å². The minimum absolute atomic E-state index is 0.199. The minimum atomic E-state index is -1.25. The Kier molecular flexibility index (Phi) is 7.16. The van der Waals surface area contributed by atoms with Gasteiger partial charge in [-0.2, -0.15) is 0 Å². The normalized spacial score (nSPS) is 19.5. The van der Waals surface area contributed by atoms with Crippen molar-refractivity contribution in [1.29, 1.82) is 0 Å². The molecule has 1 N–H and O–H groups in total. The van der Waals surface area contributed by atoms with Gasteiger partial charge >= 0.3 is 6.03 Å². The van der Waals surface area contributed by atoms with Crippen LogP contribution in [0, 0.1) is 11.8 Å². The molecule has 1 fully saturated rings. The second-order valence-corrected chi connectivity index (χ2v) is 8.41. The van der Waals surface area contributed by atoms with Crippen molar-refractivity contribution in [3.8, 4) is 0 Å². The van der Waals surface area contributed by atoms with Crippen molar-refractivity contribution in [2.45, 2.75) is 53.0 Å². The maximum absolute atomic E-state index is 13.0. The van der Waals surface area contributed by atoms with Crippen molar-refractivity contribution >= 4 is 17.8 Å². The van der Waals surface area contributed by atoms with Crippen LogP contribution in [-0.4, -0.2) is 52.3 Å². The summed E-state index contributed by atoms with van der Waals surface area (Å²) in [4.78, 5) is 45.3. The molecule has 7 nitrogen and oxygen atoms in total. The molecule has 0 aliphatic carbocycles. The molecule has 1 aromatic heterocycles. The monoisotopic (exact) mass is 388 g/mol. The first kappa shape index (κ1) is 21.9. The highest BCUT2D eigenvalue weighted by atomic mass is 16.2. The zero-order valence-corrected chi connectivity index (χ0v) is 17.6. The van der Waals surface area contributed by atoms with Crippen LogP contribution in [0.2, 0.25) is 0 Å². The molecule has 2 heterocycles. The smallest absolute Gasteiger partial charge is 0.325 e. The van der Waals surface area contributed by atoms with Gasteiger partial charge in [-0.1, -0.05) is 33.8 Å². The van der Waals surface area contributed by atoms with Crippen LogP contribution in [0.25, 0.3) is 0 Å². The highest BCUT2D eigenvalue weighted by Crippen LogP contribution is 2.27. The maximum atomic E-state index is 13.0. The maximum Gasteiger partial charge on any atom is 0.325 e. The standard InChI is InChI=1S/C21H32N4O3/c1-15(2)9-12-24(13-10-16(3)4)18(26)14-25-19(27)21(5,23-20(25)28)17-8-6-7-11-22-17/h6-8,11,15-16H,9-10,12-14H2,1-5H3,(H,23,28). The quantitative estimate of drug-likeness (QED) is 0.660. The van der Waals surface area contributed by atoms with E-state index in [1.807, 2.05) is 0 Å². The van der Waals surface area contributed by atoms with Gasteiger partial charge in [0.1, 0.15) is 6.54 Å². The summed E-state index contributed by atoms with van der Waals surface area (Å²) in [5, 5.41) is 2.70. The van der Waals surface area contributed by atoms with Gasteiger partial charge in [-0.25, -0.2) is 4.79 Å². The number of hydrogen-bond acceptors (Lipinski definition) is 4. The summed E-state index contributed by atoms with van der Waals surface area (Å²) in [6.07, 6.45) is 3.35. The summed E-state index contributed by atoms with van der Waals surface area (Å²) < 4.78 is 0. The molecule has 7 heteroatoms. The Labute approximate surface area is 167 Å². The Bertz CT molecular complexity index is 693. The van der Waals surface area contributed by atoms with Crippen LogP contribution in [0.5, 0.6) is 0 Å². The van der Waals surface area contributed by atoms with Gasteiger partial charge in [-0.15, -0.1) is 0 Å². The van der Waals surface area contributed by atoms with Crippen molar-refractivity contribution in [2.24, 2.45) is 11.8 Å². The first-order valence-corrected chi connectivity index (χ1v) is 9.98. The largest absolute Gasteiger partial charge is 0.341 e. The molecule has 0 bridgehead atoms. The number of urea groups is 1. The number of rotatable bonds is 9. The fourth-order valence-electron chi connectivity index (χ4n) is 3.10. The average Bonchev–Trinajstić information content (AvgIpc) is 2.86. The molecule has 2 rings (SSSR count). The number of aromatic nitrogens is 1. The Morgan fingerprint density at radius 3 is 2.25 bits per heavy atom. The summed E-state index contributed by atoms with van der Waals surface area (Å²) in [5.74, 6) is 0.296. The molecule has 1 saturated heterocycles. The molecule has 0 radical (unpaired) electrons. The lowest BCUT2D eigenvalue weighted by Gasteiger charge is -2.26. The Hall–Kier alpha value is -2.44. The summed E-state index contributed by atoms with van der Waals surface area (Å²) >= 11 is 0. The van der Waals surface area contributed by atoms with Crippen LogP contribution in [0.1, 0.15) is 53.2 Å². The molecule has 0 spiro atoms. The number of hydrogen-bond donors (Lipinski definition) is 1. The first-order chi connectivity index (χ1) is 13.1. The molecular weight excluding hydrogens is 356 g/mol. The lowest BCUT2D eigenvalue weighted by molar-refractivity contribution is -0.139. The zero-order chi connectivity index (χ0) is 20.9. The third kappa shape index (κ3) is 5.09. The number of carbonyl (C=O) groups is 3. The molecule has 0 saturated carbocycles. The van der Waals surface area contributed by atoms with E-state index in [1.165, 1.54) is 0 Å². The predicted octanol–water partition coefficient (Wildman–Crippen LogP) is 2.77. The van der Waals surface area contributed by atoms with Gasteiger partial charge in [0.15, 0.2) is 5.54 Å². The average molecular weight is 389 g/mol. The molecule has 4 amide bonds. The zero-order valence-electron chi connectivity index (χ0n) is 17.6. The number of nitrogens with zero attached hydrogens (tertiary/aromatic N) is 3. The number of pyridine rings is 1. The van der Waals surface area contributed by atoms with E-state index in [2.05, 4.69) is 38.0 Å². The van der Waals surface area contributed by atoms with Gasteiger partial charge in [0.05, 0.1) is 5.69 Å². The lowest BCUT2D eigenvalue weighted by atomic mass is 9.97. The Morgan fingerprint density at radius 2 is 1.75 bits per heavy atom. The molecule has 1 aliphatic heterocycles. The third-order valence-electron chi connectivity index (χ3n) is 5.05. The van der Waals surface area contributed by atoms with E-state index in [0.717, 1.165) is 17.7 Å². The molecule has 0 aromatic carbocycles. The van der Waals surface area contributed by atoms with Gasteiger partial charge in [0.2, 0.25) is 5.91 Å². The molecule has 154 valence electrons. The van der Waals surface area contributed by atoms with Crippen LogP contribution >= 0.6 is 0 Å². The first-order valence-electron chi connectivity index (χ1n) is 9.98. The summed E-state index contributed by atoms with van der Waals surface area (Å²) in [5.41, 5.74) is -0.793. The van der Waals surface area contributed by atoms with Crippen molar-refractivity contribution in [3.63, 3.8) is 0 Å². The van der Waals surface area contributed by atoms with E-state index < -0.39 is 17.5 Å². The second-order valence-electron chi connectivity index (χ2n) is 8.41. The van der Waals surface area contributed by atoms with Crippen molar-refractivity contribution in [2.75, 3.05) is 19.6 Å². The topological polar surface area (TPSA) is 82.6 Å². The van der Waals surface area contributed by atoms with E-state index in [4.69, 9.17) is 0 Å². The molecule has 1 unspecified atom stereocenters. The van der Waals surface area contributed by atoms with Crippen LogP contribution in [0.3, 0.4) is 0 Å². The number of nitrogens with one attached hydrogen (secondary N) is 1. The molecule has 1 atom stereocenters. The van der Waals surface area contributed by atoms with Crippen LogP contribution in [0.15, 0.2) is 24.4 Å². The van der Waals surface area contributed by atoms with E-state index in [9.17, 15) is 14.4 Å². The van der Waals surface area contributed by atoms with Crippen LogP contribution < -0.4 is 5.32 Å². The van der Waals surface area contributed by atoms with Crippen LogP contribution in [-0.2, 0) is 15.1 Å². The van der Waals surface area contributed by atoms with Gasteiger partial charge < -0.3 is 10.2 Å². The fraction of sp³-hybridized carbons (Fsp3) is 0.619. The molecule has 28 heavy (non-hydrogen) atoms. The number of amides is 4. The molecular formula is C21H32N4O3. The highest BCUT2D eigenvalue weighted by Gasteiger charge is 2.50.